The Morgan fingerprint density at radius 1 is 1.19 bits per heavy atom. The summed E-state index contributed by atoms with van der Waals surface area (Å²) in [6.45, 7) is 3.35. The summed E-state index contributed by atoms with van der Waals surface area (Å²) in [6.07, 6.45) is -3.66. The van der Waals surface area contributed by atoms with E-state index in [1.54, 1.807) is 6.07 Å². The molecule has 2 heterocycles. The lowest BCUT2D eigenvalue weighted by atomic mass is 9.95. The molecule has 8 heteroatoms. The Morgan fingerprint density at radius 3 is 2.56 bits per heavy atom. The number of nitrogens with zero attached hydrogens (tertiary/aromatic N) is 3. The zero-order valence-corrected chi connectivity index (χ0v) is 15.3. The number of piperazine rings is 1. The second kappa shape index (κ2) is 7.88. The van der Waals surface area contributed by atoms with E-state index in [0.717, 1.165) is 25.2 Å². The zero-order chi connectivity index (χ0) is 19.6. The molecule has 27 heavy (non-hydrogen) atoms. The van der Waals surface area contributed by atoms with E-state index in [4.69, 9.17) is 0 Å². The second-order valence-corrected chi connectivity index (χ2v) is 7.34. The Balaban J connectivity index is 1.65. The minimum absolute atomic E-state index is 0.0460. The molecule has 5 nitrogen and oxygen atoms in total. The fourth-order valence-corrected chi connectivity index (χ4v) is 3.62. The third-order valence-electron chi connectivity index (χ3n) is 5.29. The van der Waals surface area contributed by atoms with Crippen LogP contribution in [0, 0.1) is 5.92 Å². The first kappa shape index (κ1) is 19.7. The van der Waals surface area contributed by atoms with Crippen molar-refractivity contribution < 1.29 is 22.8 Å². The van der Waals surface area contributed by atoms with Crippen molar-refractivity contribution in [2.24, 2.45) is 5.92 Å². The van der Waals surface area contributed by atoms with Crippen molar-refractivity contribution in [3.05, 3.63) is 35.4 Å². The Hall–Kier alpha value is -2.09. The van der Waals surface area contributed by atoms with Gasteiger partial charge in [0.2, 0.25) is 11.8 Å². The molecule has 1 aromatic rings. The minimum atomic E-state index is -4.41. The molecule has 0 unspecified atom stereocenters. The van der Waals surface area contributed by atoms with E-state index in [1.165, 1.54) is 11.0 Å². The van der Waals surface area contributed by atoms with E-state index >= 15 is 0 Å². The fourth-order valence-electron chi connectivity index (χ4n) is 3.62. The number of carbonyl (C=O) groups excluding carboxylic acids is 2. The van der Waals surface area contributed by atoms with Crippen LogP contribution >= 0.6 is 0 Å². The molecule has 0 aromatic heterocycles. The van der Waals surface area contributed by atoms with E-state index in [9.17, 15) is 22.8 Å². The van der Waals surface area contributed by atoms with Gasteiger partial charge in [0.25, 0.3) is 0 Å². The monoisotopic (exact) mass is 383 g/mol. The molecule has 0 N–H and O–H groups in total. The summed E-state index contributed by atoms with van der Waals surface area (Å²) in [4.78, 5) is 30.5. The van der Waals surface area contributed by atoms with Gasteiger partial charge in [-0.2, -0.15) is 13.2 Å². The van der Waals surface area contributed by atoms with Gasteiger partial charge < -0.3 is 14.7 Å². The van der Waals surface area contributed by atoms with E-state index in [0.29, 0.717) is 25.1 Å². The molecule has 148 valence electrons. The highest BCUT2D eigenvalue weighted by molar-refractivity contribution is 5.84. The van der Waals surface area contributed by atoms with Crippen molar-refractivity contribution in [1.82, 2.24) is 14.7 Å². The van der Waals surface area contributed by atoms with Crippen LogP contribution in [0.5, 0.6) is 0 Å². The number of benzene rings is 1. The number of halogens is 3. The largest absolute Gasteiger partial charge is 0.416 e. The van der Waals surface area contributed by atoms with E-state index in [1.807, 2.05) is 11.9 Å². The van der Waals surface area contributed by atoms with Gasteiger partial charge in [0.05, 0.1) is 11.5 Å². The Morgan fingerprint density at radius 2 is 1.89 bits per heavy atom. The number of likely N-dealkylation sites (N-methyl/N-ethyl adjacent to an activating group) is 1. The molecule has 1 atom stereocenters. The molecule has 0 aliphatic carbocycles. The molecule has 0 bridgehead atoms. The molecular weight excluding hydrogens is 359 g/mol. The number of amides is 2. The van der Waals surface area contributed by atoms with Crippen LogP contribution in [0.1, 0.15) is 24.0 Å². The Bertz CT molecular complexity index is 700. The van der Waals surface area contributed by atoms with E-state index in [2.05, 4.69) is 4.90 Å². The van der Waals surface area contributed by atoms with Gasteiger partial charge in [0.15, 0.2) is 0 Å². The molecule has 0 spiro atoms. The standard InChI is InChI=1S/C19H24F3N3O2/c1-23-7-9-24(10-8-23)18(27)15-5-6-17(26)25(13-15)12-14-3-2-4-16(11-14)19(20,21)22/h2-4,11,15H,5-10,12-13H2,1H3/t15-/m1/s1. The number of rotatable bonds is 3. The number of likely N-dealkylation sites (tertiary alicyclic amines) is 1. The van der Waals surface area contributed by atoms with Crippen molar-refractivity contribution in [2.45, 2.75) is 25.6 Å². The van der Waals surface area contributed by atoms with Crippen LogP contribution in [0.15, 0.2) is 24.3 Å². The van der Waals surface area contributed by atoms with Crippen molar-refractivity contribution >= 4 is 11.8 Å². The number of hydrogen-bond acceptors (Lipinski definition) is 3. The van der Waals surface area contributed by atoms with Crippen molar-refractivity contribution in [3.8, 4) is 0 Å². The van der Waals surface area contributed by atoms with Gasteiger partial charge >= 0.3 is 6.18 Å². The average molecular weight is 383 g/mol. The van der Waals surface area contributed by atoms with Crippen LogP contribution in [0.2, 0.25) is 0 Å². The number of piperidine rings is 1. The van der Waals surface area contributed by atoms with Crippen LogP contribution in [0.25, 0.3) is 0 Å². The van der Waals surface area contributed by atoms with Crippen LogP contribution in [0.4, 0.5) is 13.2 Å². The van der Waals surface area contributed by atoms with Gasteiger partial charge in [0, 0.05) is 45.7 Å². The average Bonchev–Trinajstić information content (AvgIpc) is 2.63. The first-order chi connectivity index (χ1) is 12.7. The zero-order valence-electron chi connectivity index (χ0n) is 15.3. The maximum Gasteiger partial charge on any atom is 0.416 e. The summed E-state index contributed by atoms with van der Waals surface area (Å²) < 4.78 is 38.7. The highest BCUT2D eigenvalue weighted by atomic mass is 19.4. The molecule has 2 aliphatic heterocycles. The molecule has 2 fully saturated rings. The molecular formula is C19H24F3N3O2. The fraction of sp³-hybridized carbons (Fsp3) is 0.579. The van der Waals surface area contributed by atoms with Gasteiger partial charge in [-0.05, 0) is 31.2 Å². The molecule has 3 rings (SSSR count). The normalized spacial score (nSPS) is 22.2. The molecule has 1 aromatic carbocycles. The lowest BCUT2D eigenvalue weighted by Gasteiger charge is -2.38. The summed E-state index contributed by atoms with van der Waals surface area (Å²) in [5, 5.41) is 0. The third kappa shape index (κ3) is 4.80. The Kier molecular flexibility index (Phi) is 5.74. The maximum atomic E-state index is 12.9. The van der Waals surface area contributed by atoms with Gasteiger partial charge in [-0.25, -0.2) is 0 Å². The summed E-state index contributed by atoms with van der Waals surface area (Å²) in [5.74, 6) is -0.351. The third-order valence-corrected chi connectivity index (χ3v) is 5.29. The quantitative estimate of drug-likeness (QED) is 0.804. The smallest absolute Gasteiger partial charge is 0.340 e. The van der Waals surface area contributed by atoms with Crippen LogP contribution in [-0.4, -0.2) is 66.3 Å². The molecule has 2 amide bonds. The topological polar surface area (TPSA) is 43.9 Å². The maximum absolute atomic E-state index is 12.9. The highest BCUT2D eigenvalue weighted by Crippen LogP contribution is 2.30. The minimum Gasteiger partial charge on any atom is -0.340 e. The van der Waals surface area contributed by atoms with Gasteiger partial charge in [0.1, 0.15) is 0 Å². The highest BCUT2D eigenvalue weighted by Gasteiger charge is 2.34. The summed E-state index contributed by atoms with van der Waals surface area (Å²) in [7, 11) is 2.01. The van der Waals surface area contributed by atoms with E-state index in [-0.39, 0.29) is 37.2 Å². The predicted molar refractivity (Wildman–Crippen MR) is 93.7 cm³/mol. The van der Waals surface area contributed by atoms with E-state index < -0.39 is 11.7 Å². The lowest BCUT2D eigenvalue weighted by molar-refractivity contribution is -0.144. The summed E-state index contributed by atoms with van der Waals surface area (Å²) in [6, 6.07) is 5.01. The SMILES string of the molecule is CN1CCN(C(=O)[C@@H]2CCC(=O)N(Cc3cccc(C(F)(F)F)c3)C2)CC1. The van der Waals surface area contributed by atoms with Gasteiger partial charge in [-0.1, -0.05) is 12.1 Å². The number of carbonyl (C=O) groups is 2. The van der Waals surface area contributed by atoms with Crippen LogP contribution in [-0.2, 0) is 22.3 Å². The lowest BCUT2D eigenvalue weighted by Crippen LogP contribution is -2.52. The van der Waals surface area contributed by atoms with Crippen LogP contribution in [0.3, 0.4) is 0 Å². The van der Waals surface area contributed by atoms with Crippen molar-refractivity contribution in [2.75, 3.05) is 39.8 Å². The molecule has 0 radical (unpaired) electrons. The van der Waals surface area contributed by atoms with Crippen molar-refractivity contribution in [1.29, 1.82) is 0 Å². The molecule has 2 saturated heterocycles. The first-order valence-corrected chi connectivity index (χ1v) is 9.15. The predicted octanol–water partition coefficient (Wildman–Crippen LogP) is 2.22. The number of hydrogen-bond donors (Lipinski definition) is 0. The second-order valence-electron chi connectivity index (χ2n) is 7.34. The molecule has 0 saturated carbocycles. The van der Waals surface area contributed by atoms with Crippen molar-refractivity contribution in [3.63, 3.8) is 0 Å². The number of alkyl halides is 3. The van der Waals surface area contributed by atoms with Crippen LogP contribution < -0.4 is 0 Å². The Labute approximate surface area is 156 Å². The summed E-state index contributed by atoms with van der Waals surface area (Å²) in [5.41, 5.74) is -0.305. The van der Waals surface area contributed by atoms with Gasteiger partial charge in [-0.3, -0.25) is 9.59 Å². The van der Waals surface area contributed by atoms with Gasteiger partial charge in [-0.15, -0.1) is 0 Å². The molecule has 2 aliphatic rings. The first-order valence-electron chi connectivity index (χ1n) is 9.15. The summed E-state index contributed by atoms with van der Waals surface area (Å²) >= 11 is 0.